The summed E-state index contributed by atoms with van der Waals surface area (Å²) in [6.07, 6.45) is 0.966. The average Bonchev–Trinajstić information content (AvgIpc) is 2.76. The van der Waals surface area contributed by atoms with Gasteiger partial charge in [0, 0.05) is 29.5 Å². The number of nitrogen functional groups attached to an aromatic ring is 1. The van der Waals surface area contributed by atoms with Crippen molar-refractivity contribution in [3.05, 3.63) is 58.4 Å². The van der Waals surface area contributed by atoms with Gasteiger partial charge in [0.05, 0.1) is 0 Å². The molecule has 4 heteroatoms. The minimum atomic E-state index is -0.254. The van der Waals surface area contributed by atoms with Gasteiger partial charge < -0.3 is 10.6 Å². The normalized spacial score (nSPS) is 13.7. The smallest absolute Gasteiger partial charge is 0.123 e. The number of hydrogen-bond donors (Lipinski definition) is 1. The average molecular weight is 277 g/mol. The first-order valence-electron chi connectivity index (χ1n) is 6.21. The van der Waals surface area contributed by atoms with Crippen molar-refractivity contribution in [2.45, 2.75) is 13.0 Å². The molecule has 1 aliphatic rings. The molecule has 0 spiro atoms. The Morgan fingerprint density at radius 3 is 2.89 bits per heavy atom. The van der Waals surface area contributed by atoms with Crippen LogP contribution in [0.4, 0.5) is 15.8 Å². The monoisotopic (exact) mass is 276 g/mol. The van der Waals surface area contributed by atoms with Crippen LogP contribution < -0.4 is 10.6 Å². The Morgan fingerprint density at radius 1 is 1.21 bits per heavy atom. The predicted molar refractivity (Wildman–Crippen MR) is 77.0 cm³/mol. The third-order valence-electron chi connectivity index (χ3n) is 3.46. The fourth-order valence-corrected chi connectivity index (χ4v) is 2.70. The molecule has 0 radical (unpaired) electrons. The van der Waals surface area contributed by atoms with Gasteiger partial charge in [-0.15, -0.1) is 0 Å². The molecule has 0 fully saturated rings. The highest BCUT2D eigenvalue weighted by Gasteiger charge is 2.20. The molecule has 0 aliphatic carbocycles. The Balaban J connectivity index is 1.88. The minimum absolute atomic E-state index is 0.254. The summed E-state index contributed by atoms with van der Waals surface area (Å²) in [5.41, 5.74) is 9.78. The van der Waals surface area contributed by atoms with E-state index in [-0.39, 0.29) is 5.82 Å². The quantitative estimate of drug-likeness (QED) is 0.849. The Labute approximate surface area is 116 Å². The second-order valence-electron chi connectivity index (χ2n) is 4.80. The van der Waals surface area contributed by atoms with E-state index in [0.29, 0.717) is 11.6 Å². The highest BCUT2D eigenvalue weighted by Crippen LogP contribution is 2.32. The molecule has 98 valence electrons. The summed E-state index contributed by atoms with van der Waals surface area (Å²) < 4.78 is 13.3. The maximum atomic E-state index is 13.3. The molecule has 2 aromatic carbocycles. The van der Waals surface area contributed by atoms with Crippen molar-refractivity contribution in [1.82, 2.24) is 0 Å². The highest BCUT2D eigenvalue weighted by atomic mass is 35.5. The molecule has 2 N–H and O–H groups in total. The van der Waals surface area contributed by atoms with Crippen molar-refractivity contribution >= 4 is 23.0 Å². The highest BCUT2D eigenvalue weighted by molar-refractivity contribution is 6.31. The summed E-state index contributed by atoms with van der Waals surface area (Å²) in [5, 5.41) is 0.602. The lowest BCUT2D eigenvalue weighted by atomic mass is 10.1. The summed E-state index contributed by atoms with van der Waals surface area (Å²) in [4.78, 5) is 2.20. The molecule has 0 atom stereocenters. The SMILES string of the molecule is Nc1ccc2c(c1)CCN2Cc1cc(F)ccc1Cl. The standard InChI is InChI=1S/C15H14ClFN2/c16-14-3-1-12(17)7-11(14)9-19-6-5-10-8-13(18)2-4-15(10)19/h1-4,7-8H,5-6,9,18H2. The Hall–Kier alpha value is -1.74. The lowest BCUT2D eigenvalue weighted by Gasteiger charge is -2.20. The maximum Gasteiger partial charge on any atom is 0.123 e. The van der Waals surface area contributed by atoms with Crippen LogP contribution >= 0.6 is 11.6 Å². The van der Waals surface area contributed by atoms with Gasteiger partial charge in [0.1, 0.15) is 5.82 Å². The van der Waals surface area contributed by atoms with Crippen LogP contribution in [-0.4, -0.2) is 6.54 Å². The number of hydrogen-bond acceptors (Lipinski definition) is 2. The zero-order valence-corrected chi connectivity index (χ0v) is 11.1. The maximum absolute atomic E-state index is 13.3. The lowest BCUT2D eigenvalue weighted by Crippen LogP contribution is -2.19. The summed E-state index contributed by atoms with van der Waals surface area (Å²) in [5.74, 6) is -0.254. The minimum Gasteiger partial charge on any atom is -0.399 e. The predicted octanol–water partition coefficient (Wildman–Crippen LogP) is 3.62. The van der Waals surface area contributed by atoms with Crippen molar-refractivity contribution < 1.29 is 4.39 Å². The van der Waals surface area contributed by atoms with Crippen molar-refractivity contribution in [2.24, 2.45) is 0 Å². The second kappa shape index (κ2) is 4.74. The van der Waals surface area contributed by atoms with E-state index in [1.807, 2.05) is 18.2 Å². The van der Waals surface area contributed by atoms with E-state index in [4.69, 9.17) is 17.3 Å². The van der Waals surface area contributed by atoms with Crippen molar-refractivity contribution in [3.8, 4) is 0 Å². The van der Waals surface area contributed by atoms with E-state index < -0.39 is 0 Å². The number of halogens is 2. The number of anilines is 2. The number of fused-ring (bicyclic) bond motifs is 1. The summed E-state index contributed by atoms with van der Waals surface area (Å²) >= 11 is 6.11. The molecule has 2 nitrogen and oxygen atoms in total. The molecule has 0 aromatic heterocycles. The van der Waals surface area contributed by atoms with E-state index in [2.05, 4.69) is 4.90 Å². The van der Waals surface area contributed by atoms with Gasteiger partial charge in [-0.3, -0.25) is 0 Å². The summed E-state index contributed by atoms with van der Waals surface area (Å²) in [7, 11) is 0. The first kappa shape index (κ1) is 12.3. The molecule has 0 bridgehead atoms. The van der Waals surface area contributed by atoms with Gasteiger partial charge in [-0.25, -0.2) is 4.39 Å². The number of nitrogens with two attached hydrogens (primary N) is 1. The molecule has 0 unspecified atom stereocenters. The molecule has 3 rings (SSSR count). The van der Waals surface area contributed by atoms with Crippen LogP contribution in [0.3, 0.4) is 0 Å². The van der Waals surface area contributed by atoms with Crippen LogP contribution in [0.25, 0.3) is 0 Å². The lowest BCUT2D eigenvalue weighted by molar-refractivity contribution is 0.624. The molecule has 0 saturated heterocycles. The zero-order valence-electron chi connectivity index (χ0n) is 10.4. The fraction of sp³-hybridized carbons (Fsp3) is 0.200. The molecule has 0 saturated carbocycles. The van der Waals surface area contributed by atoms with Crippen molar-refractivity contribution in [2.75, 3.05) is 17.2 Å². The van der Waals surface area contributed by atoms with Crippen molar-refractivity contribution in [3.63, 3.8) is 0 Å². The van der Waals surface area contributed by atoms with Gasteiger partial charge >= 0.3 is 0 Å². The molecule has 1 aliphatic heterocycles. The number of benzene rings is 2. The third-order valence-corrected chi connectivity index (χ3v) is 3.83. The van der Waals surface area contributed by atoms with E-state index in [9.17, 15) is 4.39 Å². The third kappa shape index (κ3) is 2.38. The van der Waals surface area contributed by atoms with E-state index in [1.54, 1.807) is 6.07 Å². The van der Waals surface area contributed by atoms with Crippen LogP contribution in [0.5, 0.6) is 0 Å². The molecule has 0 amide bonds. The summed E-state index contributed by atoms with van der Waals surface area (Å²) in [6, 6.07) is 10.4. The summed E-state index contributed by atoms with van der Waals surface area (Å²) in [6.45, 7) is 1.53. The van der Waals surface area contributed by atoms with Crippen molar-refractivity contribution in [1.29, 1.82) is 0 Å². The van der Waals surface area contributed by atoms with E-state index >= 15 is 0 Å². The van der Waals surface area contributed by atoms with Crippen LogP contribution in [0.15, 0.2) is 36.4 Å². The van der Waals surface area contributed by atoms with E-state index in [1.165, 1.54) is 17.7 Å². The van der Waals surface area contributed by atoms with Gasteiger partial charge in [-0.05, 0) is 53.9 Å². The second-order valence-corrected chi connectivity index (χ2v) is 5.20. The van der Waals surface area contributed by atoms with Gasteiger partial charge in [-0.2, -0.15) is 0 Å². The van der Waals surface area contributed by atoms with Gasteiger partial charge in [0.15, 0.2) is 0 Å². The molecular formula is C15H14ClFN2. The van der Waals surface area contributed by atoms with Crippen LogP contribution in [0.1, 0.15) is 11.1 Å². The number of nitrogens with zero attached hydrogens (tertiary/aromatic N) is 1. The Morgan fingerprint density at radius 2 is 2.05 bits per heavy atom. The van der Waals surface area contributed by atoms with Gasteiger partial charge in [-0.1, -0.05) is 11.6 Å². The molecule has 1 heterocycles. The molecule has 2 aromatic rings. The largest absolute Gasteiger partial charge is 0.399 e. The number of rotatable bonds is 2. The molecule has 19 heavy (non-hydrogen) atoms. The van der Waals surface area contributed by atoms with Gasteiger partial charge in [0.25, 0.3) is 0 Å². The van der Waals surface area contributed by atoms with Crippen LogP contribution in [0.2, 0.25) is 5.02 Å². The van der Waals surface area contributed by atoms with Crippen LogP contribution in [0, 0.1) is 5.82 Å². The van der Waals surface area contributed by atoms with Crippen LogP contribution in [-0.2, 0) is 13.0 Å². The topological polar surface area (TPSA) is 29.3 Å². The first-order valence-corrected chi connectivity index (χ1v) is 6.58. The van der Waals surface area contributed by atoms with E-state index in [0.717, 1.165) is 29.9 Å². The fourth-order valence-electron chi connectivity index (χ4n) is 2.52. The Bertz CT molecular complexity index is 628. The van der Waals surface area contributed by atoms with Gasteiger partial charge in [0.2, 0.25) is 0 Å². The zero-order chi connectivity index (χ0) is 13.4. The molecular weight excluding hydrogens is 263 g/mol. The first-order chi connectivity index (χ1) is 9.13. The Kier molecular flexibility index (Phi) is 3.07.